The lowest BCUT2D eigenvalue weighted by atomic mass is 10.1. The molecule has 0 bridgehead atoms. The zero-order chi connectivity index (χ0) is 22.3. The molecule has 2 aromatic rings. The molecule has 166 valence electrons. The molecule has 0 aliphatic carbocycles. The molecule has 8 nitrogen and oxygen atoms in total. The Hall–Kier alpha value is -3.55. The smallest absolute Gasteiger partial charge is 0.328 e. The SMILES string of the molecule is COC(=O)C(CCCCNC(=O)NCc1ccccc1)NC(=O)NCc1ccccc1. The van der Waals surface area contributed by atoms with Gasteiger partial charge in [-0.25, -0.2) is 14.4 Å². The fourth-order valence-electron chi connectivity index (χ4n) is 2.89. The zero-order valence-electron chi connectivity index (χ0n) is 17.7. The first-order chi connectivity index (χ1) is 15.1. The van der Waals surface area contributed by atoms with Gasteiger partial charge in [0.25, 0.3) is 0 Å². The third-order valence-electron chi connectivity index (χ3n) is 4.59. The van der Waals surface area contributed by atoms with Crippen LogP contribution < -0.4 is 21.3 Å². The Kier molecular flexibility index (Phi) is 10.4. The van der Waals surface area contributed by atoms with E-state index in [1.807, 2.05) is 60.7 Å². The molecule has 0 fully saturated rings. The molecule has 4 N–H and O–H groups in total. The monoisotopic (exact) mass is 426 g/mol. The van der Waals surface area contributed by atoms with Gasteiger partial charge < -0.3 is 26.0 Å². The summed E-state index contributed by atoms with van der Waals surface area (Å²) in [6.45, 7) is 1.29. The van der Waals surface area contributed by atoms with E-state index in [-0.39, 0.29) is 6.03 Å². The van der Waals surface area contributed by atoms with Crippen molar-refractivity contribution >= 4 is 18.0 Å². The van der Waals surface area contributed by atoms with Crippen molar-refractivity contribution in [3.8, 4) is 0 Å². The van der Waals surface area contributed by atoms with Gasteiger partial charge in [-0.2, -0.15) is 0 Å². The number of benzene rings is 2. The summed E-state index contributed by atoms with van der Waals surface area (Å²) in [5, 5.41) is 11.0. The largest absolute Gasteiger partial charge is 0.467 e. The maximum Gasteiger partial charge on any atom is 0.328 e. The molecular formula is C23H30N4O4. The summed E-state index contributed by atoms with van der Waals surface area (Å²) in [5.74, 6) is -0.497. The molecule has 0 saturated carbocycles. The molecule has 0 saturated heterocycles. The Morgan fingerprint density at radius 1 is 0.774 bits per heavy atom. The van der Waals surface area contributed by atoms with Crippen LogP contribution in [0, 0.1) is 0 Å². The number of methoxy groups -OCH3 is 1. The Bertz CT molecular complexity index is 815. The second kappa shape index (κ2) is 13.6. The van der Waals surface area contributed by atoms with Crippen LogP contribution in [-0.2, 0) is 22.6 Å². The molecule has 1 atom stereocenters. The quantitative estimate of drug-likeness (QED) is 0.327. The van der Waals surface area contributed by atoms with Gasteiger partial charge in [0.05, 0.1) is 7.11 Å². The Balaban J connectivity index is 1.63. The fourth-order valence-corrected chi connectivity index (χ4v) is 2.89. The van der Waals surface area contributed by atoms with E-state index in [4.69, 9.17) is 4.74 Å². The molecule has 0 aromatic heterocycles. The highest BCUT2D eigenvalue weighted by Crippen LogP contribution is 2.03. The lowest BCUT2D eigenvalue weighted by Crippen LogP contribution is -2.46. The van der Waals surface area contributed by atoms with Crippen LogP contribution in [0.4, 0.5) is 9.59 Å². The number of carbonyl (C=O) groups excluding carboxylic acids is 3. The Morgan fingerprint density at radius 2 is 1.32 bits per heavy atom. The predicted octanol–water partition coefficient (Wildman–Crippen LogP) is 2.70. The second-order valence-electron chi connectivity index (χ2n) is 6.98. The average molecular weight is 427 g/mol. The minimum Gasteiger partial charge on any atom is -0.467 e. The minimum atomic E-state index is -0.743. The van der Waals surface area contributed by atoms with Crippen LogP contribution in [0.15, 0.2) is 60.7 Å². The number of urea groups is 2. The first kappa shape index (κ1) is 23.7. The van der Waals surface area contributed by atoms with Crippen molar-refractivity contribution in [2.24, 2.45) is 0 Å². The molecule has 2 rings (SSSR count). The van der Waals surface area contributed by atoms with E-state index in [9.17, 15) is 14.4 Å². The van der Waals surface area contributed by atoms with Gasteiger partial charge >= 0.3 is 18.0 Å². The molecule has 0 spiro atoms. The summed E-state index contributed by atoms with van der Waals surface area (Å²) < 4.78 is 4.78. The van der Waals surface area contributed by atoms with Crippen molar-refractivity contribution in [2.75, 3.05) is 13.7 Å². The first-order valence-corrected chi connectivity index (χ1v) is 10.3. The fraction of sp³-hybridized carbons (Fsp3) is 0.348. The van der Waals surface area contributed by atoms with Crippen molar-refractivity contribution in [1.82, 2.24) is 21.3 Å². The molecule has 4 amide bonds. The standard InChI is InChI=1S/C23H30N4O4/c1-31-21(28)20(27-23(30)26-17-19-12-6-3-7-13-19)14-8-9-15-24-22(29)25-16-18-10-4-2-5-11-18/h2-7,10-13,20H,8-9,14-17H2,1H3,(H2,24,25,29)(H2,26,27,30). The number of nitrogens with one attached hydrogen (secondary N) is 4. The number of unbranched alkanes of at least 4 members (excludes halogenated alkanes) is 1. The van der Waals surface area contributed by atoms with Crippen molar-refractivity contribution < 1.29 is 19.1 Å². The number of carbonyl (C=O) groups is 3. The van der Waals surface area contributed by atoms with E-state index in [2.05, 4.69) is 21.3 Å². The van der Waals surface area contributed by atoms with Gasteiger partial charge in [-0.3, -0.25) is 0 Å². The van der Waals surface area contributed by atoms with Crippen LogP contribution in [0.25, 0.3) is 0 Å². The van der Waals surface area contributed by atoms with Crippen LogP contribution in [0.1, 0.15) is 30.4 Å². The number of amides is 4. The van der Waals surface area contributed by atoms with Crippen LogP contribution in [0.2, 0.25) is 0 Å². The predicted molar refractivity (Wildman–Crippen MR) is 118 cm³/mol. The van der Waals surface area contributed by atoms with Crippen LogP contribution in [0.3, 0.4) is 0 Å². The van der Waals surface area contributed by atoms with Crippen LogP contribution >= 0.6 is 0 Å². The van der Waals surface area contributed by atoms with Gasteiger partial charge in [0.2, 0.25) is 0 Å². The summed E-state index contributed by atoms with van der Waals surface area (Å²) in [6.07, 6.45) is 1.72. The number of ether oxygens (including phenoxy) is 1. The van der Waals surface area contributed by atoms with Gasteiger partial charge in [-0.05, 0) is 30.4 Å². The molecule has 8 heteroatoms. The van der Waals surface area contributed by atoms with E-state index < -0.39 is 18.0 Å². The lowest BCUT2D eigenvalue weighted by Gasteiger charge is -2.17. The molecule has 1 unspecified atom stereocenters. The summed E-state index contributed by atoms with van der Waals surface area (Å²) in [6, 6.07) is 17.7. The van der Waals surface area contributed by atoms with Crippen LogP contribution in [-0.4, -0.2) is 37.7 Å². The highest BCUT2D eigenvalue weighted by molar-refractivity contribution is 5.83. The Morgan fingerprint density at radius 3 is 1.87 bits per heavy atom. The van der Waals surface area contributed by atoms with Gasteiger partial charge in [0.1, 0.15) is 6.04 Å². The average Bonchev–Trinajstić information content (AvgIpc) is 2.81. The summed E-state index contributed by atoms with van der Waals surface area (Å²) in [7, 11) is 1.29. The van der Waals surface area contributed by atoms with Gasteiger partial charge in [-0.1, -0.05) is 60.7 Å². The Labute approximate surface area is 182 Å². The molecule has 0 radical (unpaired) electrons. The molecule has 2 aromatic carbocycles. The van der Waals surface area contributed by atoms with E-state index in [0.717, 1.165) is 11.1 Å². The van der Waals surface area contributed by atoms with Crippen molar-refractivity contribution in [2.45, 2.75) is 38.4 Å². The summed E-state index contributed by atoms with van der Waals surface area (Å²) in [4.78, 5) is 35.9. The number of hydrogen-bond acceptors (Lipinski definition) is 4. The second-order valence-corrected chi connectivity index (χ2v) is 6.98. The molecule has 0 aliphatic rings. The maximum absolute atomic E-state index is 12.1. The van der Waals surface area contributed by atoms with Crippen molar-refractivity contribution in [3.05, 3.63) is 71.8 Å². The van der Waals surface area contributed by atoms with Gasteiger partial charge in [0, 0.05) is 19.6 Å². The molecule has 31 heavy (non-hydrogen) atoms. The number of esters is 1. The van der Waals surface area contributed by atoms with E-state index >= 15 is 0 Å². The zero-order valence-corrected chi connectivity index (χ0v) is 17.7. The number of hydrogen-bond donors (Lipinski definition) is 4. The molecular weight excluding hydrogens is 396 g/mol. The third kappa shape index (κ3) is 9.66. The molecule has 0 aliphatic heterocycles. The molecule has 0 heterocycles. The third-order valence-corrected chi connectivity index (χ3v) is 4.59. The summed E-state index contributed by atoms with van der Waals surface area (Å²) in [5.41, 5.74) is 1.99. The van der Waals surface area contributed by atoms with Crippen LogP contribution in [0.5, 0.6) is 0 Å². The van der Waals surface area contributed by atoms with E-state index in [1.165, 1.54) is 7.11 Å². The maximum atomic E-state index is 12.1. The highest BCUT2D eigenvalue weighted by atomic mass is 16.5. The van der Waals surface area contributed by atoms with E-state index in [0.29, 0.717) is 38.9 Å². The number of rotatable bonds is 11. The minimum absolute atomic E-state index is 0.244. The summed E-state index contributed by atoms with van der Waals surface area (Å²) >= 11 is 0. The van der Waals surface area contributed by atoms with Gasteiger partial charge in [0.15, 0.2) is 0 Å². The van der Waals surface area contributed by atoms with Crippen molar-refractivity contribution in [1.29, 1.82) is 0 Å². The lowest BCUT2D eigenvalue weighted by molar-refractivity contribution is -0.143. The topological polar surface area (TPSA) is 109 Å². The normalized spacial score (nSPS) is 11.1. The first-order valence-electron chi connectivity index (χ1n) is 10.3. The van der Waals surface area contributed by atoms with Gasteiger partial charge in [-0.15, -0.1) is 0 Å². The van der Waals surface area contributed by atoms with E-state index in [1.54, 1.807) is 0 Å². The van der Waals surface area contributed by atoms with Crippen molar-refractivity contribution in [3.63, 3.8) is 0 Å². The highest BCUT2D eigenvalue weighted by Gasteiger charge is 2.20.